The average molecular weight is 324 g/mol. The lowest BCUT2D eigenvalue weighted by Crippen LogP contribution is -2.35. The minimum atomic E-state index is -0.0495. The van der Waals surface area contributed by atoms with Crippen LogP contribution in [-0.2, 0) is 19.5 Å². The average Bonchev–Trinajstić information content (AvgIpc) is 3.09. The Kier molecular flexibility index (Phi) is 3.77. The molecule has 0 atom stereocenters. The number of nitrogens with one attached hydrogen (secondary N) is 1. The standard InChI is InChI=1S/C17H16N4OS/c22-17-13-11-21(10-12-4-3-9-23-12)8-6-14(13)19-16(20-17)15-5-1-2-7-18-15/h1-5,7,9H,6,8,10-11H2,(H,19,20,22). The third-order valence-electron chi connectivity index (χ3n) is 4.01. The summed E-state index contributed by atoms with van der Waals surface area (Å²) in [7, 11) is 0. The molecular weight excluding hydrogens is 308 g/mol. The van der Waals surface area contributed by atoms with Gasteiger partial charge in [0.1, 0.15) is 5.69 Å². The summed E-state index contributed by atoms with van der Waals surface area (Å²) in [5.74, 6) is 0.557. The zero-order valence-corrected chi connectivity index (χ0v) is 13.3. The van der Waals surface area contributed by atoms with Crippen LogP contribution >= 0.6 is 11.3 Å². The van der Waals surface area contributed by atoms with Crippen molar-refractivity contribution in [1.82, 2.24) is 19.9 Å². The number of nitrogens with zero attached hydrogens (tertiary/aromatic N) is 3. The van der Waals surface area contributed by atoms with Gasteiger partial charge in [0, 0.05) is 37.1 Å². The molecule has 0 fully saturated rings. The summed E-state index contributed by atoms with van der Waals surface area (Å²) in [6, 6.07) is 9.79. The maximum Gasteiger partial charge on any atom is 0.255 e. The molecule has 0 spiro atoms. The Morgan fingerprint density at radius 3 is 3.00 bits per heavy atom. The van der Waals surface area contributed by atoms with E-state index in [0.717, 1.165) is 30.8 Å². The minimum absolute atomic E-state index is 0.0495. The summed E-state index contributed by atoms with van der Waals surface area (Å²) in [6.45, 7) is 2.46. The van der Waals surface area contributed by atoms with Gasteiger partial charge in [-0.15, -0.1) is 11.3 Å². The van der Waals surface area contributed by atoms with Crippen molar-refractivity contribution in [2.24, 2.45) is 0 Å². The maximum absolute atomic E-state index is 12.5. The van der Waals surface area contributed by atoms with Crippen molar-refractivity contribution >= 4 is 11.3 Å². The highest BCUT2D eigenvalue weighted by atomic mass is 32.1. The van der Waals surface area contributed by atoms with Crippen LogP contribution in [0.5, 0.6) is 0 Å². The molecule has 0 saturated heterocycles. The second-order valence-corrected chi connectivity index (χ2v) is 6.63. The van der Waals surface area contributed by atoms with Crippen LogP contribution in [0.25, 0.3) is 11.5 Å². The van der Waals surface area contributed by atoms with Gasteiger partial charge in [-0.3, -0.25) is 14.7 Å². The van der Waals surface area contributed by atoms with Gasteiger partial charge in [-0.05, 0) is 23.6 Å². The minimum Gasteiger partial charge on any atom is -0.305 e. The number of H-pyrrole nitrogens is 1. The molecule has 0 unspecified atom stereocenters. The second-order valence-electron chi connectivity index (χ2n) is 5.59. The molecule has 0 radical (unpaired) electrons. The summed E-state index contributed by atoms with van der Waals surface area (Å²) in [5.41, 5.74) is 2.34. The third kappa shape index (κ3) is 2.95. The van der Waals surface area contributed by atoms with Gasteiger partial charge >= 0.3 is 0 Å². The summed E-state index contributed by atoms with van der Waals surface area (Å²) in [4.78, 5) is 27.9. The molecule has 0 bridgehead atoms. The molecule has 4 heterocycles. The first-order valence-electron chi connectivity index (χ1n) is 7.58. The highest BCUT2D eigenvalue weighted by molar-refractivity contribution is 7.09. The Labute approximate surface area is 137 Å². The van der Waals surface area contributed by atoms with Gasteiger partial charge in [0.2, 0.25) is 0 Å². The molecule has 23 heavy (non-hydrogen) atoms. The van der Waals surface area contributed by atoms with E-state index in [0.29, 0.717) is 18.1 Å². The zero-order valence-electron chi connectivity index (χ0n) is 12.5. The van der Waals surface area contributed by atoms with E-state index in [1.165, 1.54) is 4.88 Å². The summed E-state index contributed by atoms with van der Waals surface area (Å²) in [5, 5.41) is 2.08. The number of hydrogen-bond donors (Lipinski definition) is 1. The molecule has 116 valence electrons. The van der Waals surface area contributed by atoms with Crippen molar-refractivity contribution < 1.29 is 0 Å². The van der Waals surface area contributed by atoms with E-state index in [1.807, 2.05) is 18.2 Å². The van der Waals surface area contributed by atoms with Crippen LogP contribution in [0.1, 0.15) is 16.1 Å². The van der Waals surface area contributed by atoms with Crippen LogP contribution in [0.2, 0.25) is 0 Å². The molecule has 1 N–H and O–H groups in total. The number of aromatic amines is 1. The van der Waals surface area contributed by atoms with Crippen LogP contribution < -0.4 is 5.56 Å². The third-order valence-corrected chi connectivity index (χ3v) is 4.88. The molecule has 3 aromatic rings. The first-order chi connectivity index (χ1) is 11.3. The molecular formula is C17H16N4OS. The topological polar surface area (TPSA) is 61.9 Å². The van der Waals surface area contributed by atoms with Crippen LogP contribution in [0.15, 0.2) is 46.7 Å². The molecule has 0 aromatic carbocycles. The van der Waals surface area contributed by atoms with Gasteiger partial charge in [-0.25, -0.2) is 4.98 Å². The zero-order chi connectivity index (χ0) is 15.6. The Hall–Kier alpha value is -2.31. The number of pyridine rings is 1. The van der Waals surface area contributed by atoms with Crippen LogP contribution in [0.3, 0.4) is 0 Å². The Morgan fingerprint density at radius 1 is 1.26 bits per heavy atom. The monoisotopic (exact) mass is 324 g/mol. The largest absolute Gasteiger partial charge is 0.305 e. The quantitative estimate of drug-likeness (QED) is 0.804. The van der Waals surface area contributed by atoms with Crippen LogP contribution in [-0.4, -0.2) is 26.4 Å². The summed E-state index contributed by atoms with van der Waals surface area (Å²) < 4.78 is 0. The van der Waals surface area contributed by atoms with E-state index in [1.54, 1.807) is 17.5 Å². The molecule has 1 aliphatic heterocycles. The van der Waals surface area contributed by atoms with Crippen molar-refractivity contribution in [3.05, 3.63) is 68.4 Å². The lowest BCUT2D eigenvalue weighted by atomic mass is 10.1. The number of aromatic nitrogens is 3. The van der Waals surface area contributed by atoms with Gasteiger partial charge in [-0.2, -0.15) is 0 Å². The molecule has 0 aliphatic carbocycles. The summed E-state index contributed by atoms with van der Waals surface area (Å²) >= 11 is 1.75. The molecule has 1 aliphatic rings. The van der Waals surface area contributed by atoms with Gasteiger partial charge in [-0.1, -0.05) is 12.1 Å². The first-order valence-corrected chi connectivity index (χ1v) is 8.46. The van der Waals surface area contributed by atoms with Crippen LogP contribution in [0.4, 0.5) is 0 Å². The first kappa shape index (κ1) is 14.3. The van der Waals surface area contributed by atoms with E-state index in [-0.39, 0.29) is 5.56 Å². The van der Waals surface area contributed by atoms with Crippen molar-refractivity contribution in [3.63, 3.8) is 0 Å². The van der Waals surface area contributed by atoms with E-state index in [4.69, 9.17) is 0 Å². The van der Waals surface area contributed by atoms with E-state index in [9.17, 15) is 4.79 Å². The molecule has 3 aromatic heterocycles. The normalized spacial score (nSPS) is 14.6. The number of hydrogen-bond acceptors (Lipinski definition) is 5. The number of rotatable bonds is 3. The summed E-state index contributed by atoms with van der Waals surface area (Å²) in [6.07, 6.45) is 2.50. The molecule has 4 rings (SSSR count). The van der Waals surface area contributed by atoms with Crippen molar-refractivity contribution in [3.8, 4) is 11.5 Å². The van der Waals surface area contributed by atoms with Gasteiger partial charge in [0.15, 0.2) is 5.82 Å². The molecule has 6 heteroatoms. The predicted molar refractivity (Wildman–Crippen MR) is 90.2 cm³/mol. The number of thiophene rings is 1. The Bertz CT molecular complexity index is 858. The highest BCUT2D eigenvalue weighted by Crippen LogP contribution is 2.20. The highest BCUT2D eigenvalue weighted by Gasteiger charge is 2.21. The van der Waals surface area contributed by atoms with E-state index >= 15 is 0 Å². The molecule has 5 nitrogen and oxygen atoms in total. The lowest BCUT2D eigenvalue weighted by Gasteiger charge is -2.27. The van der Waals surface area contributed by atoms with Gasteiger partial charge < -0.3 is 4.98 Å². The number of fused-ring (bicyclic) bond motifs is 1. The van der Waals surface area contributed by atoms with Gasteiger partial charge in [0.05, 0.1) is 11.3 Å². The Balaban J connectivity index is 1.62. The fraction of sp³-hybridized carbons (Fsp3) is 0.235. The maximum atomic E-state index is 12.5. The molecule has 0 saturated carbocycles. The van der Waals surface area contributed by atoms with Crippen LogP contribution in [0, 0.1) is 0 Å². The fourth-order valence-corrected chi connectivity index (χ4v) is 3.61. The second kappa shape index (κ2) is 6.06. The van der Waals surface area contributed by atoms with E-state index < -0.39 is 0 Å². The fourth-order valence-electron chi connectivity index (χ4n) is 2.86. The van der Waals surface area contributed by atoms with Crippen molar-refractivity contribution in [1.29, 1.82) is 0 Å². The SMILES string of the molecule is O=c1[nH]c(-c2ccccn2)nc2c1CN(Cc1cccs1)CC2. The van der Waals surface area contributed by atoms with E-state index in [2.05, 4.69) is 37.4 Å². The molecule has 0 amide bonds. The smallest absolute Gasteiger partial charge is 0.255 e. The lowest BCUT2D eigenvalue weighted by molar-refractivity contribution is 0.244. The van der Waals surface area contributed by atoms with Crippen molar-refractivity contribution in [2.75, 3.05) is 6.54 Å². The Morgan fingerprint density at radius 2 is 2.22 bits per heavy atom. The predicted octanol–water partition coefficient (Wildman–Crippen LogP) is 2.45. The van der Waals surface area contributed by atoms with Crippen molar-refractivity contribution in [2.45, 2.75) is 19.5 Å². The van der Waals surface area contributed by atoms with Gasteiger partial charge in [0.25, 0.3) is 5.56 Å².